The first kappa shape index (κ1) is 37.3. The Kier molecular flexibility index (Phi) is 8.18. The Morgan fingerprint density at radius 3 is 1.69 bits per heavy atom. The molecule has 0 bridgehead atoms. The fraction of sp³-hybridized carbons (Fsp3) is 0. The molecule has 0 radical (unpaired) electrons. The molecule has 14 rings (SSSR count). The monoisotopic (exact) mass is 855 g/mol. The summed E-state index contributed by atoms with van der Waals surface area (Å²) in [6, 6.07) is 79.0. The maximum absolute atomic E-state index is 7.00. The van der Waals surface area contributed by atoms with Crippen LogP contribution in [0.3, 0.4) is 0 Å². The lowest BCUT2D eigenvalue weighted by atomic mass is 10.0. The van der Waals surface area contributed by atoms with Crippen molar-refractivity contribution in [1.82, 2.24) is 24.1 Å². The van der Waals surface area contributed by atoms with E-state index in [4.69, 9.17) is 19.4 Å². The van der Waals surface area contributed by atoms with Crippen LogP contribution in [0.4, 0.5) is 0 Å². The summed E-state index contributed by atoms with van der Waals surface area (Å²) < 4.78 is 11.7. The van der Waals surface area contributed by atoms with E-state index >= 15 is 0 Å². The Morgan fingerprint density at radius 1 is 0.343 bits per heavy atom. The zero-order chi connectivity index (χ0) is 44.0. The number of furan rings is 1. The van der Waals surface area contributed by atoms with Gasteiger partial charge in [0.05, 0.1) is 38.7 Å². The van der Waals surface area contributed by atoms with Gasteiger partial charge >= 0.3 is 0 Å². The average molecular weight is 856 g/mol. The minimum atomic E-state index is 0.523. The van der Waals surface area contributed by atoms with E-state index in [1.807, 2.05) is 18.2 Å². The van der Waals surface area contributed by atoms with E-state index in [0.717, 1.165) is 88.4 Å². The van der Waals surface area contributed by atoms with Crippen LogP contribution in [0.2, 0.25) is 0 Å². The quantitative estimate of drug-likeness (QED) is 0.167. The molecule has 14 aromatic rings. The van der Waals surface area contributed by atoms with Gasteiger partial charge in [0, 0.05) is 43.7 Å². The number of hydrogen-bond acceptors (Lipinski definition) is 4. The van der Waals surface area contributed by atoms with Gasteiger partial charge in [0.2, 0.25) is 0 Å². The number of hydrogen-bond donors (Lipinski definition) is 0. The molecule has 67 heavy (non-hydrogen) atoms. The standard InChI is InChI=1S/C61H37N5O/c1-3-16-38(17-4-1)39-30-32-40(33-31-39)59-62-60(48-26-15-25-46-44-22-9-12-27-51(44)65(57(46)48)43-20-5-2-6-21-43)64-61(63-59)49-34-35-53(56-47-24-11-14-29-55(47)67-58(49)56)66-52-28-13-10-23-45(52)50-36-41-18-7-8-19-42(41)37-54(50)66/h1-37H. The van der Waals surface area contributed by atoms with Crippen molar-refractivity contribution in [3.05, 3.63) is 224 Å². The van der Waals surface area contributed by atoms with Gasteiger partial charge in [-0.15, -0.1) is 0 Å². The summed E-state index contributed by atoms with van der Waals surface area (Å²) in [5, 5.41) is 9.08. The highest BCUT2D eigenvalue weighted by atomic mass is 16.3. The Labute approximate surface area is 384 Å². The van der Waals surface area contributed by atoms with Crippen molar-refractivity contribution in [2.24, 2.45) is 0 Å². The second kappa shape index (κ2) is 14.7. The summed E-state index contributed by atoms with van der Waals surface area (Å²) in [5.41, 5.74) is 12.8. The smallest absolute Gasteiger partial charge is 0.167 e. The SMILES string of the molecule is c1ccc(-c2ccc(-c3nc(-c4ccc(-n5c6ccccc6c6cc7ccccc7cc65)c5c4oc4ccccc45)nc(-c4cccc5c6ccccc6n(-c6ccccc6)c45)n3)cc2)cc1. The fourth-order valence-corrected chi connectivity index (χ4v) is 10.3. The molecule has 0 aliphatic rings. The van der Waals surface area contributed by atoms with Gasteiger partial charge in [-0.05, 0) is 82.6 Å². The maximum atomic E-state index is 7.00. The molecule has 0 fully saturated rings. The van der Waals surface area contributed by atoms with Crippen LogP contribution in [0.5, 0.6) is 0 Å². The lowest BCUT2D eigenvalue weighted by Crippen LogP contribution is -2.03. The van der Waals surface area contributed by atoms with Crippen LogP contribution < -0.4 is 0 Å². The molecule has 10 aromatic carbocycles. The summed E-state index contributed by atoms with van der Waals surface area (Å²) in [5.74, 6) is 1.66. The largest absolute Gasteiger partial charge is 0.455 e. The molecular formula is C61H37N5O. The molecule has 312 valence electrons. The Balaban J connectivity index is 1.05. The van der Waals surface area contributed by atoms with Crippen LogP contribution in [-0.4, -0.2) is 24.1 Å². The van der Waals surface area contributed by atoms with Crippen molar-refractivity contribution in [3.63, 3.8) is 0 Å². The second-order valence-corrected chi connectivity index (χ2v) is 17.1. The zero-order valence-electron chi connectivity index (χ0n) is 36.0. The molecule has 0 amide bonds. The number of para-hydroxylation sites is 5. The van der Waals surface area contributed by atoms with E-state index in [-0.39, 0.29) is 0 Å². The van der Waals surface area contributed by atoms with Crippen molar-refractivity contribution >= 4 is 76.3 Å². The van der Waals surface area contributed by atoms with Crippen LogP contribution >= 0.6 is 0 Å². The van der Waals surface area contributed by atoms with E-state index in [0.29, 0.717) is 23.1 Å². The van der Waals surface area contributed by atoms with Gasteiger partial charge in [0.15, 0.2) is 17.5 Å². The lowest BCUT2D eigenvalue weighted by molar-refractivity contribution is 0.669. The Hall–Kier alpha value is -9.13. The first-order valence-corrected chi connectivity index (χ1v) is 22.6. The minimum Gasteiger partial charge on any atom is -0.455 e. The van der Waals surface area contributed by atoms with Gasteiger partial charge in [-0.1, -0.05) is 164 Å². The minimum absolute atomic E-state index is 0.523. The molecular weight excluding hydrogens is 819 g/mol. The summed E-state index contributed by atoms with van der Waals surface area (Å²) >= 11 is 0. The van der Waals surface area contributed by atoms with E-state index in [2.05, 4.69) is 215 Å². The van der Waals surface area contributed by atoms with E-state index in [9.17, 15) is 0 Å². The molecule has 0 aliphatic carbocycles. The van der Waals surface area contributed by atoms with Gasteiger partial charge < -0.3 is 13.6 Å². The summed E-state index contributed by atoms with van der Waals surface area (Å²) in [4.78, 5) is 16.2. The molecule has 0 saturated heterocycles. The normalized spacial score (nSPS) is 11.9. The highest BCUT2D eigenvalue weighted by molar-refractivity contribution is 6.18. The number of nitrogens with zero attached hydrogens (tertiary/aromatic N) is 5. The van der Waals surface area contributed by atoms with Crippen LogP contribution in [0.1, 0.15) is 0 Å². The van der Waals surface area contributed by atoms with Crippen LogP contribution in [0.25, 0.3) is 133 Å². The van der Waals surface area contributed by atoms with Crippen LogP contribution in [0.15, 0.2) is 229 Å². The number of benzene rings is 10. The Bertz CT molecular complexity index is 4260. The first-order chi connectivity index (χ1) is 33.2. The predicted molar refractivity (Wildman–Crippen MR) is 275 cm³/mol. The number of rotatable bonds is 6. The predicted octanol–water partition coefficient (Wildman–Crippen LogP) is 15.8. The molecule has 0 atom stereocenters. The third-order valence-corrected chi connectivity index (χ3v) is 13.4. The van der Waals surface area contributed by atoms with Crippen LogP contribution in [-0.2, 0) is 0 Å². The van der Waals surface area contributed by atoms with Crippen molar-refractivity contribution in [3.8, 4) is 56.7 Å². The van der Waals surface area contributed by atoms with E-state index in [1.54, 1.807) is 0 Å². The van der Waals surface area contributed by atoms with E-state index in [1.165, 1.54) is 21.5 Å². The Morgan fingerprint density at radius 2 is 0.910 bits per heavy atom. The molecule has 4 aromatic heterocycles. The topological polar surface area (TPSA) is 61.7 Å². The number of aromatic nitrogens is 5. The second-order valence-electron chi connectivity index (χ2n) is 17.1. The van der Waals surface area contributed by atoms with Gasteiger partial charge in [-0.25, -0.2) is 15.0 Å². The molecule has 0 unspecified atom stereocenters. The third kappa shape index (κ3) is 5.80. The zero-order valence-corrected chi connectivity index (χ0v) is 36.0. The van der Waals surface area contributed by atoms with Crippen molar-refractivity contribution in [2.75, 3.05) is 0 Å². The third-order valence-electron chi connectivity index (χ3n) is 13.4. The summed E-state index contributed by atoms with van der Waals surface area (Å²) in [6.45, 7) is 0. The van der Waals surface area contributed by atoms with Gasteiger partial charge in [0.1, 0.15) is 11.2 Å². The number of fused-ring (bicyclic) bond motifs is 10. The molecule has 6 heteroatoms. The molecule has 6 nitrogen and oxygen atoms in total. The van der Waals surface area contributed by atoms with Crippen molar-refractivity contribution in [1.29, 1.82) is 0 Å². The highest BCUT2D eigenvalue weighted by Gasteiger charge is 2.25. The summed E-state index contributed by atoms with van der Waals surface area (Å²) in [7, 11) is 0. The van der Waals surface area contributed by atoms with Crippen molar-refractivity contribution < 1.29 is 4.42 Å². The van der Waals surface area contributed by atoms with Gasteiger partial charge in [-0.3, -0.25) is 0 Å². The lowest BCUT2D eigenvalue weighted by Gasteiger charge is -2.14. The molecule has 4 heterocycles. The first-order valence-electron chi connectivity index (χ1n) is 22.6. The highest BCUT2D eigenvalue weighted by Crippen LogP contribution is 2.44. The molecule has 0 N–H and O–H groups in total. The van der Waals surface area contributed by atoms with Gasteiger partial charge in [-0.2, -0.15) is 0 Å². The van der Waals surface area contributed by atoms with Crippen LogP contribution in [0, 0.1) is 0 Å². The van der Waals surface area contributed by atoms with Crippen molar-refractivity contribution in [2.45, 2.75) is 0 Å². The van der Waals surface area contributed by atoms with E-state index < -0.39 is 0 Å². The molecule has 0 aliphatic heterocycles. The van der Waals surface area contributed by atoms with Gasteiger partial charge in [0.25, 0.3) is 0 Å². The molecule has 0 spiro atoms. The fourth-order valence-electron chi connectivity index (χ4n) is 10.3. The summed E-state index contributed by atoms with van der Waals surface area (Å²) in [6.07, 6.45) is 0. The molecule has 0 saturated carbocycles. The maximum Gasteiger partial charge on any atom is 0.167 e. The average Bonchev–Trinajstić information content (AvgIpc) is 4.06.